The zero-order chi connectivity index (χ0) is 13.2. The Labute approximate surface area is 114 Å². The van der Waals surface area contributed by atoms with Gasteiger partial charge in [-0.3, -0.25) is 5.10 Å². The molecule has 3 rings (SSSR count). The van der Waals surface area contributed by atoms with Crippen LogP contribution in [0.25, 0.3) is 11.3 Å². The predicted octanol–water partition coefficient (Wildman–Crippen LogP) is 2.98. The number of aromatic amines is 1. The second kappa shape index (κ2) is 5.17. The third-order valence-electron chi connectivity index (χ3n) is 4.09. The first kappa shape index (κ1) is 12.4. The summed E-state index contributed by atoms with van der Waals surface area (Å²) in [5, 5.41) is 10.8. The lowest BCUT2D eigenvalue weighted by Crippen LogP contribution is -2.06. The highest BCUT2D eigenvalue weighted by molar-refractivity contribution is 5.65. The van der Waals surface area contributed by atoms with Gasteiger partial charge < -0.3 is 5.32 Å². The van der Waals surface area contributed by atoms with E-state index in [-0.39, 0.29) is 0 Å². The first-order chi connectivity index (χ1) is 9.29. The van der Waals surface area contributed by atoms with Gasteiger partial charge in [0.2, 0.25) is 0 Å². The maximum Gasteiger partial charge on any atom is 0.0953 e. The van der Waals surface area contributed by atoms with Crippen LogP contribution < -0.4 is 5.32 Å². The summed E-state index contributed by atoms with van der Waals surface area (Å²) in [5.41, 5.74) is 7.82. The van der Waals surface area contributed by atoms with Gasteiger partial charge in [-0.05, 0) is 62.4 Å². The second-order valence-corrected chi connectivity index (χ2v) is 5.40. The molecule has 0 radical (unpaired) electrons. The molecule has 3 heteroatoms. The van der Waals surface area contributed by atoms with Crippen molar-refractivity contribution in [3.63, 3.8) is 0 Å². The highest BCUT2D eigenvalue weighted by Gasteiger charge is 2.14. The van der Waals surface area contributed by atoms with Crippen molar-refractivity contribution in [2.75, 3.05) is 7.05 Å². The summed E-state index contributed by atoms with van der Waals surface area (Å²) >= 11 is 0. The molecule has 1 heterocycles. The molecule has 1 aliphatic carbocycles. The van der Waals surface area contributed by atoms with E-state index in [0.29, 0.717) is 0 Å². The maximum absolute atomic E-state index is 4.49. The molecule has 0 saturated heterocycles. The molecule has 0 fully saturated rings. The Balaban J connectivity index is 1.98. The number of nitrogens with zero attached hydrogens (tertiary/aromatic N) is 1. The summed E-state index contributed by atoms with van der Waals surface area (Å²) in [5.74, 6) is 0. The van der Waals surface area contributed by atoms with Gasteiger partial charge in [0.15, 0.2) is 0 Å². The van der Waals surface area contributed by atoms with Crippen LogP contribution in [0.3, 0.4) is 0 Å². The number of fused-ring (bicyclic) bond motifs is 1. The van der Waals surface area contributed by atoms with Gasteiger partial charge in [-0.1, -0.05) is 12.1 Å². The standard InChI is InChI=1S/C16H21N3/c1-11-15(10-17-2)18-19-16(11)14-8-7-12-5-3-4-6-13(12)9-14/h7-9,17H,3-6,10H2,1-2H3,(H,18,19). The van der Waals surface area contributed by atoms with E-state index in [4.69, 9.17) is 0 Å². The lowest BCUT2D eigenvalue weighted by atomic mass is 9.89. The monoisotopic (exact) mass is 255 g/mol. The van der Waals surface area contributed by atoms with Crippen LogP contribution in [0.5, 0.6) is 0 Å². The molecule has 0 spiro atoms. The maximum atomic E-state index is 4.49. The largest absolute Gasteiger partial charge is 0.314 e. The Morgan fingerprint density at radius 3 is 2.79 bits per heavy atom. The van der Waals surface area contributed by atoms with Crippen molar-refractivity contribution in [3.8, 4) is 11.3 Å². The number of aryl methyl sites for hydroxylation is 2. The van der Waals surface area contributed by atoms with E-state index >= 15 is 0 Å². The SMILES string of the molecule is CNCc1[nH]nc(-c2ccc3c(c2)CCCC3)c1C. The van der Waals surface area contributed by atoms with Gasteiger partial charge in [0, 0.05) is 12.1 Å². The molecule has 0 bridgehead atoms. The van der Waals surface area contributed by atoms with Gasteiger partial charge in [-0.15, -0.1) is 0 Å². The topological polar surface area (TPSA) is 40.7 Å². The third kappa shape index (κ3) is 2.30. The van der Waals surface area contributed by atoms with Crippen LogP contribution >= 0.6 is 0 Å². The van der Waals surface area contributed by atoms with Crippen LogP contribution in [0.4, 0.5) is 0 Å². The van der Waals surface area contributed by atoms with Crippen molar-refractivity contribution in [2.24, 2.45) is 0 Å². The van der Waals surface area contributed by atoms with Crippen molar-refractivity contribution in [3.05, 3.63) is 40.6 Å². The average molecular weight is 255 g/mol. The fourth-order valence-electron chi connectivity index (χ4n) is 2.94. The normalized spacial score (nSPS) is 14.4. The molecule has 1 aromatic carbocycles. The van der Waals surface area contributed by atoms with E-state index in [1.165, 1.54) is 53.6 Å². The zero-order valence-electron chi connectivity index (χ0n) is 11.7. The van der Waals surface area contributed by atoms with E-state index in [1.807, 2.05) is 7.05 Å². The molecular weight excluding hydrogens is 234 g/mol. The molecule has 0 aliphatic heterocycles. The summed E-state index contributed by atoms with van der Waals surface area (Å²) in [6.45, 7) is 2.98. The minimum atomic E-state index is 0.837. The van der Waals surface area contributed by atoms with Crippen LogP contribution in [0.2, 0.25) is 0 Å². The predicted molar refractivity (Wildman–Crippen MR) is 78.2 cm³/mol. The summed E-state index contributed by atoms with van der Waals surface area (Å²) < 4.78 is 0. The highest BCUT2D eigenvalue weighted by Crippen LogP contribution is 2.28. The quantitative estimate of drug-likeness (QED) is 0.885. The molecule has 100 valence electrons. The molecule has 3 nitrogen and oxygen atoms in total. The fourth-order valence-corrected chi connectivity index (χ4v) is 2.94. The smallest absolute Gasteiger partial charge is 0.0953 e. The number of rotatable bonds is 3. The Bertz CT molecular complexity index is 584. The van der Waals surface area contributed by atoms with Gasteiger partial charge >= 0.3 is 0 Å². The highest BCUT2D eigenvalue weighted by atomic mass is 15.1. The molecule has 2 N–H and O–H groups in total. The van der Waals surface area contributed by atoms with Gasteiger partial charge in [-0.25, -0.2) is 0 Å². The van der Waals surface area contributed by atoms with Crippen molar-refractivity contribution in [2.45, 2.75) is 39.2 Å². The van der Waals surface area contributed by atoms with Crippen molar-refractivity contribution >= 4 is 0 Å². The minimum absolute atomic E-state index is 0.837. The molecule has 0 amide bonds. The van der Waals surface area contributed by atoms with Gasteiger partial charge in [0.05, 0.1) is 11.4 Å². The van der Waals surface area contributed by atoms with Crippen LogP contribution in [0.1, 0.15) is 35.2 Å². The molecule has 19 heavy (non-hydrogen) atoms. The van der Waals surface area contributed by atoms with Crippen molar-refractivity contribution in [1.29, 1.82) is 0 Å². The lowest BCUT2D eigenvalue weighted by Gasteiger charge is -2.16. The zero-order valence-corrected chi connectivity index (χ0v) is 11.7. The summed E-state index contributed by atoms with van der Waals surface area (Å²) in [7, 11) is 1.96. The number of H-pyrrole nitrogens is 1. The second-order valence-electron chi connectivity index (χ2n) is 5.40. The molecule has 0 saturated carbocycles. The lowest BCUT2D eigenvalue weighted by molar-refractivity contribution is 0.686. The Morgan fingerprint density at radius 1 is 1.21 bits per heavy atom. The van der Waals surface area contributed by atoms with E-state index in [1.54, 1.807) is 0 Å². The van der Waals surface area contributed by atoms with E-state index in [0.717, 1.165) is 12.2 Å². The van der Waals surface area contributed by atoms with Gasteiger partial charge in [0.1, 0.15) is 0 Å². The fraction of sp³-hybridized carbons (Fsp3) is 0.438. The van der Waals surface area contributed by atoms with Crippen LogP contribution in [-0.2, 0) is 19.4 Å². The average Bonchev–Trinajstić information content (AvgIpc) is 2.80. The van der Waals surface area contributed by atoms with Crippen molar-refractivity contribution in [1.82, 2.24) is 15.5 Å². The van der Waals surface area contributed by atoms with Crippen LogP contribution in [0.15, 0.2) is 18.2 Å². The molecule has 1 aliphatic rings. The third-order valence-corrected chi connectivity index (χ3v) is 4.09. The van der Waals surface area contributed by atoms with E-state index in [9.17, 15) is 0 Å². The van der Waals surface area contributed by atoms with Gasteiger partial charge in [-0.2, -0.15) is 5.10 Å². The van der Waals surface area contributed by atoms with E-state index in [2.05, 4.69) is 40.6 Å². The number of hydrogen-bond acceptors (Lipinski definition) is 2. The van der Waals surface area contributed by atoms with Gasteiger partial charge in [0.25, 0.3) is 0 Å². The Kier molecular flexibility index (Phi) is 3.38. The molecular formula is C16H21N3. The molecule has 0 unspecified atom stereocenters. The minimum Gasteiger partial charge on any atom is -0.314 e. The first-order valence-electron chi connectivity index (χ1n) is 7.10. The molecule has 0 atom stereocenters. The van der Waals surface area contributed by atoms with Crippen molar-refractivity contribution < 1.29 is 0 Å². The summed E-state index contributed by atoms with van der Waals surface area (Å²) in [4.78, 5) is 0. The summed E-state index contributed by atoms with van der Waals surface area (Å²) in [6, 6.07) is 6.84. The van der Waals surface area contributed by atoms with Crippen LogP contribution in [0, 0.1) is 6.92 Å². The number of benzene rings is 1. The Morgan fingerprint density at radius 2 is 2.00 bits per heavy atom. The number of hydrogen-bond donors (Lipinski definition) is 2. The number of nitrogens with one attached hydrogen (secondary N) is 2. The van der Waals surface area contributed by atoms with Crippen LogP contribution in [-0.4, -0.2) is 17.2 Å². The number of aromatic nitrogens is 2. The summed E-state index contributed by atoms with van der Waals surface area (Å²) in [6.07, 6.45) is 5.11. The van der Waals surface area contributed by atoms with E-state index < -0.39 is 0 Å². The Hall–Kier alpha value is -1.61. The first-order valence-corrected chi connectivity index (χ1v) is 7.10. The molecule has 1 aromatic heterocycles. The molecule has 2 aromatic rings.